The molecule has 0 fully saturated rings. The molecule has 3 N–H and O–H groups in total. The molecule has 6 heteroatoms. The largest absolute Gasteiger partial charge is 0.481 e. The smallest absolute Gasteiger partial charge is 0.305 e. The zero-order valence-electron chi connectivity index (χ0n) is 7.82. The SMILES string of the molecule is CNc1cnc(NCCC(=O)O)cn1. The number of nitrogens with zero attached hydrogens (tertiary/aromatic N) is 2. The average molecular weight is 196 g/mol. The molecule has 1 heterocycles. The van der Waals surface area contributed by atoms with Crippen LogP contribution in [0, 0.1) is 0 Å². The maximum absolute atomic E-state index is 10.2. The van der Waals surface area contributed by atoms with Crippen LogP contribution in [0.3, 0.4) is 0 Å². The lowest BCUT2D eigenvalue weighted by Crippen LogP contribution is -2.08. The quantitative estimate of drug-likeness (QED) is 0.632. The zero-order chi connectivity index (χ0) is 10.4. The Labute approximate surface area is 81.4 Å². The monoisotopic (exact) mass is 196 g/mol. The fourth-order valence-corrected chi connectivity index (χ4v) is 0.846. The van der Waals surface area contributed by atoms with Crippen molar-refractivity contribution in [1.29, 1.82) is 0 Å². The normalized spacial score (nSPS) is 9.50. The van der Waals surface area contributed by atoms with E-state index >= 15 is 0 Å². The summed E-state index contributed by atoms with van der Waals surface area (Å²) in [5.74, 6) is 0.413. The second kappa shape index (κ2) is 5.00. The van der Waals surface area contributed by atoms with Gasteiger partial charge in [-0.25, -0.2) is 9.97 Å². The third-order valence-corrected chi connectivity index (χ3v) is 1.55. The zero-order valence-corrected chi connectivity index (χ0v) is 7.82. The molecule has 6 nitrogen and oxygen atoms in total. The summed E-state index contributed by atoms with van der Waals surface area (Å²) in [4.78, 5) is 18.2. The number of hydrogen-bond acceptors (Lipinski definition) is 5. The van der Waals surface area contributed by atoms with Gasteiger partial charge in [0.05, 0.1) is 18.8 Å². The van der Waals surface area contributed by atoms with Gasteiger partial charge in [-0.2, -0.15) is 0 Å². The van der Waals surface area contributed by atoms with Gasteiger partial charge in [0.1, 0.15) is 11.6 Å². The molecule has 0 aliphatic rings. The van der Waals surface area contributed by atoms with Crippen molar-refractivity contribution in [3.8, 4) is 0 Å². The molecule has 0 aromatic carbocycles. The third-order valence-electron chi connectivity index (χ3n) is 1.55. The molecule has 0 radical (unpaired) electrons. The van der Waals surface area contributed by atoms with Crippen LogP contribution >= 0.6 is 0 Å². The molecule has 0 bridgehead atoms. The number of aromatic nitrogens is 2. The summed E-state index contributed by atoms with van der Waals surface area (Å²) < 4.78 is 0. The second-order valence-corrected chi connectivity index (χ2v) is 2.61. The first kappa shape index (κ1) is 10.2. The third kappa shape index (κ3) is 3.26. The lowest BCUT2D eigenvalue weighted by molar-refractivity contribution is -0.136. The summed E-state index contributed by atoms with van der Waals surface area (Å²) >= 11 is 0. The van der Waals surface area contributed by atoms with Gasteiger partial charge in [-0.05, 0) is 0 Å². The van der Waals surface area contributed by atoms with Crippen LogP contribution in [0.4, 0.5) is 11.6 Å². The number of aliphatic carboxylic acids is 1. The molecule has 1 aromatic heterocycles. The first-order valence-electron chi connectivity index (χ1n) is 4.18. The van der Waals surface area contributed by atoms with E-state index in [0.29, 0.717) is 18.2 Å². The molecule has 0 unspecified atom stereocenters. The summed E-state index contributed by atoms with van der Waals surface area (Å²) in [7, 11) is 1.75. The summed E-state index contributed by atoms with van der Waals surface area (Å²) in [6.07, 6.45) is 3.19. The van der Waals surface area contributed by atoms with Crippen molar-refractivity contribution in [2.75, 3.05) is 24.2 Å². The molecule has 0 spiro atoms. The lowest BCUT2D eigenvalue weighted by atomic mass is 10.4. The Bertz CT molecular complexity index is 299. The van der Waals surface area contributed by atoms with E-state index in [0.717, 1.165) is 0 Å². The van der Waals surface area contributed by atoms with Crippen LogP contribution < -0.4 is 10.6 Å². The van der Waals surface area contributed by atoms with Crippen LogP contribution in [0.1, 0.15) is 6.42 Å². The minimum absolute atomic E-state index is 0.0649. The Morgan fingerprint density at radius 3 is 2.57 bits per heavy atom. The summed E-state index contributed by atoms with van der Waals surface area (Å²) in [6.45, 7) is 0.350. The van der Waals surface area contributed by atoms with Crippen molar-refractivity contribution < 1.29 is 9.90 Å². The van der Waals surface area contributed by atoms with Gasteiger partial charge in [-0.3, -0.25) is 4.79 Å². The van der Waals surface area contributed by atoms with E-state index in [9.17, 15) is 4.79 Å². The number of rotatable bonds is 5. The number of nitrogens with one attached hydrogen (secondary N) is 2. The fraction of sp³-hybridized carbons (Fsp3) is 0.375. The number of anilines is 2. The minimum atomic E-state index is -0.836. The molecule has 1 rings (SSSR count). The molecular weight excluding hydrogens is 184 g/mol. The van der Waals surface area contributed by atoms with Crippen molar-refractivity contribution in [3.05, 3.63) is 12.4 Å². The topological polar surface area (TPSA) is 87.1 Å². The Morgan fingerprint density at radius 1 is 1.43 bits per heavy atom. The maximum Gasteiger partial charge on any atom is 0.305 e. The van der Waals surface area contributed by atoms with Crippen LogP contribution in [0.2, 0.25) is 0 Å². The molecule has 0 saturated carbocycles. The highest BCUT2D eigenvalue weighted by Crippen LogP contribution is 2.03. The molecule has 0 amide bonds. The van der Waals surface area contributed by atoms with Gasteiger partial charge in [0.25, 0.3) is 0 Å². The molecule has 1 aromatic rings. The Kier molecular flexibility index (Phi) is 3.66. The number of carboxylic acid groups (broad SMARTS) is 1. The van der Waals surface area contributed by atoms with E-state index in [4.69, 9.17) is 5.11 Å². The molecule has 0 aliphatic carbocycles. The highest BCUT2D eigenvalue weighted by Gasteiger charge is 1.98. The van der Waals surface area contributed by atoms with Crippen molar-refractivity contribution in [3.63, 3.8) is 0 Å². The molecule has 76 valence electrons. The van der Waals surface area contributed by atoms with E-state index in [-0.39, 0.29) is 6.42 Å². The number of carbonyl (C=O) groups is 1. The average Bonchev–Trinajstić information content (AvgIpc) is 2.18. The first-order valence-corrected chi connectivity index (χ1v) is 4.18. The van der Waals surface area contributed by atoms with Gasteiger partial charge in [-0.15, -0.1) is 0 Å². The maximum atomic E-state index is 10.2. The standard InChI is InChI=1S/C8H12N4O2/c1-9-6-4-12-7(5-11-6)10-3-2-8(13)14/h4-5H,2-3H2,1H3,(H,9,11)(H,10,12)(H,13,14). The Hall–Kier alpha value is -1.85. The minimum Gasteiger partial charge on any atom is -0.481 e. The van der Waals surface area contributed by atoms with E-state index < -0.39 is 5.97 Å². The molecule has 0 aliphatic heterocycles. The highest BCUT2D eigenvalue weighted by molar-refractivity contribution is 5.67. The van der Waals surface area contributed by atoms with Crippen LogP contribution in [-0.2, 0) is 4.79 Å². The van der Waals surface area contributed by atoms with Crippen molar-refractivity contribution in [2.24, 2.45) is 0 Å². The summed E-state index contributed by atoms with van der Waals surface area (Å²) in [5.41, 5.74) is 0. The molecular formula is C8H12N4O2. The van der Waals surface area contributed by atoms with Gasteiger partial charge in [0, 0.05) is 13.6 Å². The van der Waals surface area contributed by atoms with E-state index in [2.05, 4.69) is 20.6 Å². The van der Waals surface area contributed by atoms with Crippen molar-refractivity contribution in [1.82, 2.24) is 9.97 Å². The van der Waals surface area contributed by atoms with Crippen LogP contribution in [0.5, 0.6) is 0 Å². The van der Waals surface area contributed by atoms with Gasteiger partial charge >= 0.3 is 5.97 Å². The van der Waals surface area contributed by atoms with Gasteiger partial charge < -0.3 is 15.7 Å². The van der Waals surface area contributed by atoms with Crippen molar-refractivity contribution in [2.45, 2.75) is 6.42 Å². The Balaban J connectivity index is 2.40. The summed E-state index contributed by atoms with van der Waals surface area (Å²) in [6, 6.07) is 0. The van der Waals surface area contributed by atoms with Crippen LogP contribution in [-0.4, -0.2) is 34.6 Å². The fourth-order valence-electron chi connectivity index (χ4n) is 0.846. The predicted molar refractivity (Wildman–Crippen MR) is 52.3 cm³/mol. The van der Waals surface area contributed by atoms with E-state index in [1.54, 1.807) is 19.4 Å². The van der Waals surface area contributed by atoms with Gasteiger partial charge in [0.15, 0.2) is 0 Å². The highest BCUT2D eigenvalue weighted by atomic mass is 16.4. The van der Waals surface area contributed by atoms with E-state index in [1.165, 1.54) is 0 Å². The molecule has 0 atom stereocenters. The Morgan fingerprint density at radius 2 is 2.07 bits per heavy atom. The predicted octanol–water partition coefficient (Wildman–Crippen LogP) is 0.405. The molecule has 0 saturated heterocycles. The van der Waals surface area contributed by atoms with Gasteiger partial charge in [0.2, 0.25) is 0 Å². The number of hydrogen-bond donors (Lipinski definition) is 3. The number of carboxylic acids is 1. The first-order chi connectivity index (χ1) is 6.72. The summed E-state index contributed by atoms with van der Waals surface area (Å²) in [5, 5.41) is 14.1. The second-order valence-electron chi connectivity index (χ2n) is 2.61. The molecule has 14 heavy (non-hydrogen) atoms. The van der Waals surface area contributed by atoms with Crippen LogP contribution in [0.25, 0.3) is 0 Å². The van der Waals surface area contributed by atoms with Crippen molar-refractivity contribution >= 4 is 17.6 Å². The lowest BCUT2D eigenvalue weighted by Gasteiger charge is -2.03. The van der Waals surface area contributed by atoms with Crippen LogP contribution in [0.15, 0.2) is 12.4 Å². The van der Waals surface area contributed by atoms with Gasteiger partial charge in [-0.1, -0.05) is 0 Å². The van der Waals surface area contributed by atoms with E-state index in [1.807, 2.05) is 0 Å².